The highest BCUT2D eigenvalue weighted by Crippen LogP contribution is 2.26. The highest BCUT2D eigenvalue weighted by molar-refractivity contribution is 5.94. The quantitative estimate of drug-likeness (QED) is 0.548. The summed E-state index contributed by atoms with van der Waals surface area (Å²) in [4.78, 5) is 26.7. The Labute approximate surface area is 189 Å². The molecule has 0 fully saturated rings. The van der Waals surface area contributed by atoms with Gasteiger partial charge in [0, 0.05) is 24.7 Å². The van der Waals surface area contributed by atoms with Gasteiger partial charge in [-0.25, -0.2) is 9.48 Å². The lowest BCUT2D eigenvalue weighted by Gasteiger charge is -2.21. The van der Waals surface area contributed by atoms with Crippen molar-refractivity contribution in [2.45, 2.75) is 34.1 Å². The number of nitrogens with one attached hydrogen (secondary N) is 2. The molecule has 0 spiro atoms. The second kappa shape index (κ2) is 10.6. The third-order valence-corrected chi connectivity index (χ3v) is 5.07. The van der Waals surface area contributed by atoms with E-state index in [4.69, 9.17) is 5.10 Å². The Bertz CT molecular complexity index is 1080. The average molecular weight is 434 g/mol. The van der Waals surface area contributed by atoms with E-state index < -0.39 is 0 Å². The Balaban J connectivity index is 1.92. The van der Waals surface area contributed by atoms with Crippen molar-refractivity contribution in [3.8, 4) is 16.9 Å². The zero-order valence-corrected chi connectivity index (χ0v) is 19.2. The van der Waals surface area contributed by atoms with E-state index in [-0.39, 0.29) is 18.5 Å². The van der Waals surface area contributed by atoms with Crippen LogP contribution in [0.5, 0.6) is 0 Å². The van der Waals surface area contributed by atoms with Crippen molar-refractivity contribution in [3.05, 3.63) is 65.7 Å². The molecule has 168 valence electrons. The number of urea groups is 1. The smallest absolute Gasteiger partial charge is 0.317 e. The molecule has 2 aromatic carbocycles. The predicted octanol–water partition coefficient (Wildman–Crippen LogP) is 4.54. The topological polar surface area (TPSA) is 79.3 Å². The summed E-state index contributed by atoms with van der Waals surface area (Å²) in [7, 11) is 0. The number of aryl methyl sites for hydroxylation is 2. The molecule has 3 rings (SSSR count). The molecular weight excluding hydrogens is 402 g/mol. The van der Waals surface area contributed by atoms with Gasteiger partial charge in [0.25, 0.3) is 0 Å². The van der Waals surface area contributed by atoms with Crippen molar-refractivity contribution in [2.24, 2.45) is 0 Å². The summed E-state index contributed by atoms with van der Waals surface area (Å²) in [6.45, 7) is 8.89. The maximum Gasteiger partial charge on any atom is 0.317 e. The van der Waals surface area contributed by atoms with Crippen LogP contribution in [0.2, 0.25) is 0 Å². The lowest BCUT2D eigenvalue weighted by Crippen LogP contribution is -2.44. The molecule has 0 saturated carbocycles. The number of hydrogen-bond acceptors (Lipinski definition) is 3. The SMILES string of the molecule is CCCN(CC(=O)Nc1cc(-c2ccccc2)nn1-c1ccc(C)cc1C)C(=O)NCC. The molecule has 0 bridgehead atoms. The molecule has 0 unspecified atom stereocenters. The highest BCUT2D eigenvalue weighted by atomic mass is 16.2. The highest BCUT2D eigenvalue weighted by Gasteiger charge is 2.19. The van der Waals surface area contributed by atoms with Crippen molar-refractivity contribution in [3.63, 3.8) is 0 Å². The van der Waals surface area contributed by atoms with Crippen LogP contribution in [0, 0.1) is 13.8 Å². The fourth-order valence-electron chi connectivity index (χ4n) is 3.59. The molecule has 0 atom stereocenters. The van der Waals surface area contributed by atoms with Gasteiger partial charge in [0.05, 0.1) is 11.4 Å². The van der Waals surface area contributed by atoms with Crippen LogP contribution in [0.25, 0.3) is 16.9 Å². The van der Waals surface area contributed by atoms with E-state index in [1.54, 1.807) is 4.68 Å². The molecule has 0 saturated heterocycles. The molecule has 0 aliphatic heterocycles. The Hall–Kier alpha value is -3.61. The first kappa shape index (κ1) is 23.1. The number of nitrogens with zero attached hydrogens (tertiary/aromatic N) is 3. The summed E-state index contributed by atoms with van der Waals surface area (Å²) in [5.41, 5.74) is 4.82. The van der Waals surface area contributed by atoms with Crippen LogP contribution in [-0.4, -0.2) is 46.3 Å². The maximum absolute atomic E-state index is 12.9. The van der Waals surface area contributed by atoms with E-state index in [1.807, 2.05) is 76.2 Å². The lowest BCUT2D eigenvalue weighted by molar-refractivity contribution is -0.116. The van der Waals surface area contributed by atoms with Crippen molar-refractivity contribution < 1.29 is 9.59 Å². The van der Waals surface area contributed by atoms with E-state index in [2.05, 4.69) is 16.7 Å². The van der Waals surface area contributed by atoms with Crippen LogP contribution in [0.1, 0.15) is 31.4 Å². The van der Waals surface area contributed by atoms with Crippen LogP contribution in [-0.2, 0) is 4.79 Å². The van der Waals surface area contributed by atoms with Crippen molar-refractivity contribution >= 4 is 17.8 Å². The number of carbonyl (C=O) groups excluding carboxylic acids is 2. The van der Waals surface area contributed by atoms with Crippen LogP contribution >= 0.6 is 0 Å². The number of benzene rings is 2. The summed E-state index contributed by atoms with van der Waals surface area (Å²) in [6.07, 6.45) is 0.767. The summed E-state index contributed by atoms with van der Waals surface area (Å²) in [5.74, 6) is 0.295. The first-order valence-electron chi connectivity index (χ1n) is 11.0. The van der Waals surface area contributed by atoms with E-state index in [9.17, 15) is 9.59 Å². The largest absolute Gasteiger partial charge is 0.338 e. The summed E-state index contributed by atoms with van der Waals surface area (Å²) in [6, 6.07) is 17.6. The van der Waals surface area contributed by atoms with E-state index in [1.165, 1.54) is 4.90 Å². The number of aromatic nitrogens is 2. The minimum Gasteiger partial charge on any atom is -0.338 e. The molecule has 1 heterocycles. The van der Waals surface area contributed by atoms with Crippen molar-refractivity contribution in [1.29, 1.82) is 0 Å². The number of anilines is 1. The Kier molecular flexibility index (Phi) is 7.65. The van der Waals surface area contributed by atoms with E-state index in [0.29, 0.717) is 18.9 Å². The van der Waals surface area contributed by atoms with Crippen LogP contribution in [0.3, 0.4) is 0 Å². The Morgan fingerprint density at radius 1 is 1.03 bits per heavy atom. The Morgan fingerprint density at radius 2 is 1.78 bits per heavy atom. The number of rotatable bonds is 8. The Morgan fingerprint density at radius 3 is 2.44 bits per heavy atom. The van der Waals surface area contributed by atoms with E-state index >= 15 is 0 Å². The first-order valence-corrected chi connectivity index (χ1v) is 11.0. The van der Waals surface area contributed by atoms with Gasteiger partial charge in [0.1, 0.15) is 12.4 Å². The monoisotopic (exact) mass is 433 g/mol. The van der Waals surface area contributed by atoms with Crippen LogP contribution < -0.4 is 10.6 Å². The predicted molar refractivity (Wildman–Crippen MR) is 128 cm³/mol. The molecular formula is C25H31N5O2. The van der Waals surface area contributed by atoms with E-state index in [0.717, 1.165) is 34.5 Å². The van der Waals surface area contributed by atoms with Gasteiger partial charge in [-0.3, -0.25) is 4.79 Å². The fraction of sp³-hybridized carbons (Fsp3) is 0.320. The van der Waals surface area contributed by atoms with Gasteiger partial charge in [0.2, 0.25) is 5.91 Å². The number of hydrogen-bond donors (Lipinski definition) is 2. The first-order chi connectivity index (χ1) is 15.4. The van der Waals surface area contributed by atoms with Gasteiger partial charge in [-0.05, 0) is 38.8 Å². The third-order valence-electron chi connectivity index (χ3n) is 5.07. The summed E-state index contributed by atoms with van der Waals surface area (Å²) in [5, 5.41) is 10.5. The van der Waals surface area contributed by atoms with Gasteiger partial charge in [-0.1, -0.05) is 55.0 Å². The fourth-order valence-corrected chi connectivity index (χ4v) is 3.59. The molecule has 0 aliphatic carbocycles. The molecule has 32 heavy (non-hydrogen) atoms. The van der Waals surface area contributed by atoms with Crippen molar-refractivity contribution in [2.75, 3.05) is 25.0 Å². The summed E-state index contributed by atoms with van der Waals surface area (Å²) >= 11 is 0. The van der Waals surface area contributed by atoms with Gasteiger partial charge in [-0.15, -0.1) is 0 Å². The molecule has 0 aliphatic rings. The lowest BCUT2D eigenvalue weighted by atomic mass is 10.1. The molecule has 7 heteroatoms. The standard InChI is InChI=1S/C25H31N5O2/c1-5-14-29(25(32)26-6-2)17-24(31)27-23-16-21(20-10-8-7-9-11-20)28-30(23)22-13-12-18(3)15-19(22)4/h7-13,15-16H,5-6,14,17H2,1-4H3,(H,26,32)(H,27,31). The van der Waals surface area contributed by atoms with Crippen LogP contribution in [0.4, 0.5) is 10.6 Å². The van der Waals surface area contributed by atoms with Gasteiger partial charge in [-0.2, -0.15) is 5.10 Å². The summed E-state index contributed by atoms with van der Waals surface area (Å²) < 4.78 is 1.76. The normalized spacial score (nSPS) is 10.6. The molecule has 1 aromatic heterocycles. The molecule has 3 amide bonds. The zero-order valence-electron chi connectivity index (χ0n) is 19.2. The van der Waals surface area contributed by atoms with Gasteiger partial charge < -0.3 is 15.5 Å². The molecule has 3 aromatic rings. The maximum atomic E-state index is 12.9. The minimum absolute atomic E-state index is 0.0294. The second-order valence-corrected chi connectivity index (χ2v) is 7.79. The second-order valence-electron chi connectivity index (χ2n) is 7.79. The van der Waals surface area contributed by atoms with Crippen LogP contribution in [0.15, 0.2) is 54.6 Å². The van der Waals surface area contributed by atoms with Gasteiger partial charge >= 0.3 is 6.03 Å². The zero-order chi connectivity index (χ0) is 23.1. The average Bonchev–Trinajstić information content (AvgIpc) is 3.17. The number of carbonyl (C=O) groups is 2. The molecule has 2 N–H and O–H groups in total. The molecule has 7 nitrogen and oxygen atoms in total. The minimum atomic E-state index is -0.268. The van der Waals surface area contributed by atoms with Gasteiger partial charge in [0.15, 0.2) is 0 Å². The molecule has 0 radical (unpaired) electrons. The number of amides is 3. The van der Waals surface area contributed by atoms with Crippen molar-refractivity contribution in [1.82, 2.24) is 20.0 Å². The third kappa shape index (κ3) is 5.55.